The minimum atomic E-state index is -0.176. The zero-order valence-corrected chi connectivity index (χ0v) is 30.5. The van der Waals surface area contributed by atoms with Crippen molar-refractivity contribution in [2.75, 3.05) is 4.90 Å². The molecule has 8 aromatic carbocycles. The van der Waals surface area contributed by atoms with E-state index in [2.05, 4.69) is 197 Å². The molecule has 0 saturated heterocycles. The van der Waals surface area contributed by atoms with E-state index in [1.54, 1.807) is 0 Å². The Morgan fingerprint density at radius 1 is 0.385 bits per heavy atom. The number of aryl methyl sites for hydroxylation is 1. The van der Waals surface area contributed by atoms with Crippen molar-refractivity contribution >= 4 is 38.6 Å². The highest BCUT2D eigenvalue weighted by molar-refractivity contribution is 6.09. The van der Waals surface area contributed by atoms with Gasteiger partial charge in [0.1, 0.15) is 0 Å². The van der Waals surface area contributed by atoms with Crippen molar-refractivity contribution < 1.29 is 0 Å². The standard InChI is InChI=1S/C51H41N/c1-32-19-22-36(23-20-32)52(37-24-21-33-13-9-10-16-35(33)27-37)38-25-26-40-43-30-47-44(31-46(43)50(2,3)45(40)28-38)49-41-18-12-11-17-39(41)42(29-48(49)51(47,4)5)34-14-7-6-8-15-34/h6-31H,1-5H3. The Morgan fingerprint density at radius 3 is 1.73 bits per heavy atom. The van der Waals surface area contributed by atoms with Crippen LogP contribution < -0.4 is 4.90 Å². The Labute approximate surface area is 306 Å². The van der Waals surface area contributed by atoms with Crippen molar-refractivity contribution in [3.8, 4) is 33.4 Å². The quantitative estimate of drug-likeness (QED) is 0.181. The summed E-state index contributed by atoms with van der Waals surface area (Å²) >= 11 is 0. The highest BCUT2D eigenvalue weighted by atomic mass is 15.1. The van der Waals surface area contributed by atoms with Gasteiger partial charge in [-0.3, -0.25) is 0 Å². The Balaban J connectivity index is 1.14. The third kappa shape index (κ3) is 4.42. The van der Waals surface area contributed by atoms with Crippen LogP contribution in [0.25, 0.3) is 54.9 Å². The van der Waals surface area contributed by atoms with Crippen molar-refractivity contribution in [1.82, 2.24) is 0 Å². The number of hydrogen-bond donors (Lipinski definition) is 0. The lowest BCUT2D eigenvalue weighted by molar-refractivity contribution is 0.652. The summed E-state index contributed by atoms with van der Waals surface area (Å²) in [7, 11) is 0. The second-order valence-corrected chi connectivity index (χ2v) is 15.9. The van der Waals surface area contributed by atoms with Crippen LogP contribution in [0.5, 0.6) is 0 Å². The number of anilines is 3. The van der Waals surface area contributed by atoms with Gasteiger partial charge < -0.3 is 4.90 Å². The van der Waals surface area contributed by atoms with Gasteiger partial charge in [-0.25, -0.2) is 0 Å². The molecule has 0 atom stereocenters. The molecule has 10 rings (SSSR count). The number of rotatable bonds is 4. The molecule has 0 bridgehead atoms. The Hall–Kier alpha value is -5.92. The second-order valence-electron chi connectivity index (χ2n) is 15.9. The maximum absolute atomic E-state index is 2.55. The lowest BCUT2D eigenvalue weighted by Gasteiger charge is -2.28. The molecule has 1 nitrogen and oxygen atoms in total. The van der Waals surface area contributed by atoms with Crippen LogP contribution in [0.15, 0.2) is 158 Å². The molecule has 0 N–H and O–H groups in total. The average Bonchev–Trinajstić information content (AvgIpc) is 3.53. The number of benzene rings is 8. The predicted octanol–water partition coefficient (Wildman–Crippen LogP) is 14.1. The molecular formula is C51H41N. The smallest absolute Gasteiger partial charge is 0.0468 e. The number of nitrogens with zero attached hydrogens (tertiary/aromatic N) is 1. The molecule has 1 heteroatoms. The van der Waals surface area contributed by atoms with E-state index in [9.17, 15) is 0 Å². The van der Waals surface area contributed by atoms with Crippen LogP contribution in [0, 0.1) is 6.92 Å². The van der Waals surface area contributed by atoms with Crippen molar-refractivity contribution in [2.45, 2.75) is 45.4 Å². The van der Waals surface area contributed by atoms with Crippen molar-refractivity contribution in [3.05, 3.63) is 186 Å². The largest absolute Gasteiger partial charge is 0.310 e. The average molecular weight is 668 g/mol. The molecule has 0 saturated carbocycles. The van der Waals surface area contributed by atoms with E-state index in [1.165, 1.54) is 88.4 Å². The van der Waals surface area contributed by atoms with Gasteiger partial charge in [-0.05, 0) is 139 Å². The van der Waals surface area contributed by atoms with Gasteiger partial charge in [-0.15, -0.1) is 0 Å². The third-order valence-corrected chi connectivity index (χ3v) is 12.1. The van der Waals surface area contributed by atoms with Crippen molar-refractivity contribution in [3.63, 3.8) is 0 Å². The molecule has 0 spiro atoms. The molecule has 8 aromatic rings. The van der Waals surface area contributed by atoms with Crippen LogP contribution in [0.4, 0.5) is 17.1 Å². The zero-order chi connectivity index (χ0) is 35.4. The summed E-state index contributed by atoms with van der Waals surface area (Å²) in [5.41, 5.74) is 18.1. The fourth-order valence-electron chi connectivity index (χ4n) is 9.25. The van der Waals surface area contributed by atoms with Crippen LogP contribution in [-0.4, -0.2) is 0 Å². The molecule has 250 valence electrons. The van der Waals surface area contributed by atoms with E-state index < -0.39 is 0 Å². The van der Waals surface area contributed by atoms with Crippen LogP contribution in [0.3, 0.4) is 0 Å². The summed E-state index contributed by atoms with van der Waals surface area (Å²) in [6.07, 6.45) is 0. The maximum Gasteiger partial charge on any atom is 0.0468 e. The molecular weight excluding hydrogens is 627 g/mol. The van der Waals surface area contributed by atoms with E-state index in [1.807, 2.05) is 0 Å². The monoisotopic (exact) mass is 667 g/mol. The summed E-state index contributed by atoms with van der Waals surface area (Å²) in [6, 6.07) is 59.0. The molecule has 2 aliphatic carbocycles. The normalized spacial score (nSPS) is 14.6. The minimum absolute atomic E-state index is 0.140. The van der Waals surface area contributed by atoms with Gasteiger partial charge in [0.05, 0.1) is 0 Å². The van der Waals surface area contributed by atoms with Gasteiger partial charge in [0.15, 0.2) is 0 Å². The van der Waals surface area contributed by atoms with Crippen molar-refractivity contribution in [1.29, 1.82) is 0 Å². The first-order valence-electron chi connectivity index (χ1n) is 18.5. The Morgan fingerprint density at radius 2 is 0.942 bits per heavy atom. The first-order chi connectivity index (χ1) is 25.2. The highest BCUT2D eigenvalue weighted by Crippen LogP contribution is 2.58. The van der Waals surface area contributed by atoms with Gasteiger partial charge in [0, 0.05) is 27.9 Å². The molecule has 0 fully saturated rings. The van der Waals surface area contributed by atoms with Crippen LogP contribution in [0.2, 0.25) is 0 Å². The van der Waals surface area contributed by atoms with Crippen LogP contribution in [0.1, 0.15) is 55.5 Å². The molecule has 0 aromatic heterocycles. The first kappa shape index (κ1) is 30.9. The second kappa shape index (κ2) is 11.0. The van der Waals surface area contributed by atoms with E-state index in [-0.39, 0.29) is 10.8 Å². The minimum Gasteiger partial charge on any atom is -0.310 e. The molecule has 0 unspecified atom stereocenters. The first-order valence-corrected chi connectivity index (χ1v) is 18.5. The molecule has 0 aliphatic heterocycles. The zero-order valence-electron chi connectivity index (χ0n) is 30.5. The third-order valence-electron chi connectivity index (χ3n) is 12.1. The Bertz CT molecular complexity index is 2730. The van der Waals surface area contributed by atoms with Crippen LogP contribution >= 0.6 is 0 Å². The summed E-state index contributed by atoms with van der Waals surface area (Å²) < 4.78 is 0. The van der Waals surface area contributed by atoms with Gasteiger partial charge >= 0.3 is 0 Å². The van der Waals surface area contributed by atoms with Gasteiger partial charge in [0.2, 0.25) is 0 Å². The molecule has 0 heterocycles. The van der Waals surface area contributed by atoms with Gasteiger partial charge in [-0.1, -0.05) is 136 Å². The van der Waals surface area contributed by atoms with Gasteiger partial charge in [0.25, 0.3) is 0 Å². The molecule has 2 aliphatic rings. The van der Waals surface area contributed by atoms with E-state index in [0.29, 0.717) is 0 Å². The number of hydrogen-bond acceptors (Lipinski definition) is 1. The topological polar surface area (TPSA) is 3.24 Å². The Kier molecular flexibility index (Phi) is 6.55. The van der Waals surface area contributed by atoms with Crippen molar-refractivity contribution in [2.24, 2.45) is 0 Å². The maximum atomic E-state index is 2.55. The SMILES string of the molecule is Cc1ccc(N(c2ccc3c(c2)C(C)(C)c2cc4c(cc2-3)C(C)(C)c2cc(-c3ccccc3)c3ccccc3c2-4)c2ccc3ccccc3c2)cc1. The van der Waals surface area contributed by atoms with E-state index >= 15 is 0 Å². The van der Waals surface area contributed by atoms with Gasteiger partial charge in [-0.2, -0.15) is 0 Å². The lowest BCUT2D eigenvalue weighted by atomic mass is 9.79. The summed E-state index contributed by atoms with van der Waals surface area (Å²) in [5, 5.41) is 5.15. The lowest BCUT2D eigenvalue weighted by Crippen LogP contribution is -2.17. The van der Waals surface area contributed by atoms with E-state index in [4.69, 9.17) is 0 Å². The fourth-order valence-corrected chi connectivity index (χ4v) is 9.25. The molecule has 0 amide bonds. The summed E-state index contributed by atoms with van der Waals surface area (Å²) in [6.45, 7) is 11.8. The summed E-state index contributed by atoms with van der Waals surface area (Å²) in [4.78, 5) is 2.42. The molecule has 52 heavy (non-hydrogen) atoms. The highest BCUT2D eigenvalue weighted by Gasteiger charge is 2.42. The number of fused-ring (bicyclic) bond motifs is 9. The molecule has 0 radical (unpaired) electrons. The van der Waals surface area contributed by atoms with E-state index in [0.717, 1.165) is 11.4 Å². The fraction of sp³-hybridized carbons (Fsp3) is 0.137. The van der Waals surface area contributed by atoms with Crippen LogP contribution in [-0.2, 0) is 10.8 Å². The predicted molar refractivity (Wildman–Crippen MR) is 221 cm³/mol. The summed E-state index contributed by atoms with van der Waals surface area (Å²) in [5.74, 6) is 0.